The number of aryl methyl sites for hydroxylation is 1. The number of hydrogen-bond donors (Lipinski definition) is 1. The highest BCUT2D eigenvalue weighted by Gasteiger charge is 2.43. The van der Waals surface area contributed by atoms with Crippen LogP contribution in [-0.4, -0.2) is 25.6 Å². The van der Waals surface area contributed by atoms with Gasteiger partial charge in [0.25, 0.3) is 0 Å². The molecule has 3 rings (SSSR count). The molecular weight excluding hydrogens is 232 g/mol. The maximum absolute atomic E-state index is 10.9. The minimum Gasteiger partial charge on any atom is -0.383 e. The predicted octanol–water partition coefficient (Wildman–Crippen LogP) is 2.42. The van der Waals surface area contributed by atoms with Gasteiger partial charge in [-0.25, -0.2) is 0 Å². The van der Waals surface area contributed by atoms with E-state index >= 15 is 0 Å². The first-order valence-corrected chi connectivity index (χ1v) is 7.27. The molecule has 2 bridgehead atoms. The van der Waals surface area contributed by atoms with Gasteiger partial charge in [0, 0.05) is 16.7 Å². The molecule has 3 heterocycles. The fraction of sp³-hybridized carbons (Fsp3) is 0.692. The van der Waals surface area contributed by atoms with E-state index in [1.165, 1.54) is 19.3 Å². The maximum atomic E-state index is 10.9. The van der Waals surface area contributed by atoms with Gasteiger partial charge in [0.05, 0.1) is 17.6 Å². The maximum Gasteiger partial charge on any atom is 0.110 e. The molecule has 0 spiro atoms. The van der Waals surface area contributed by atoms with Crippen molar-refractivity contribution in [2.75, 3.05) is 0 Å². The number of hydrogen-bond acceptors (Lipinski definition) is 4. The molecule has 1 N–H and O–H groups in total. The molecule has 0 aromatic carbocycles. The Labute approximate surface area is 106 Å². The first-order chi connectivity index (χ1) is 8.16. The van der Waals surface area contributed by atoms with Crippen LogP contribution in [-0.2, 0) is 5.60 Å². The standard InChI is InChI=1S/C13H18N2OS/c1-9-7-14-8-12(15-9)13(16)5-10-3-2-4-11(6-13)17-10/h7-8,10-11,16H,2-6H2,1H3. The van der Waals surface area contributed by atoms with Crippen molar-refractivity contribution < 1.29 is 5.11 Å². The summed E-state index contributed by atoms with van der Waals surface area (Å²) in [6.45, 7) is 1.93. The van der Waals surface area contributed by atoms with Crippen LogP contribution >= 0.6 is 11.8 Å². The molecule has 1 aromatic heterocycles. The summed E-state index contributed by atoms with van der Waals surface area (Å²) in [6.07, 6.45) is 8.95. The Kier molecular flexibility index (Phi) is 2.87. The van der Waals surface area contributed by atoms with Crippen LogP contribution < -0.4 is 0 Å². The normalized spacial score (nSPS) is 36.8. The highest BCUT2D eigenvalue weighted by molar-refractivity contribution is 8.00. The molecule has 4 heteroatoms. The molecular formula is C13H18N2OS. The van der Waals surface area contributed by atoms with Crippen LogP contribution in [0, 0.1) is 6.92 Å². The lowest BCUT2D eigenvalue weighted by atomic mass is 9.83. The first-order valence-electron chi connectivity index (χ1n) is 6.33. The molecule has 92 valence electrons. The molecule has 2 fully saturated rings. The van der Waals surface area contributed by atoms with Crippen molar-refractivity contribution in [2.24, 2.45) is 0 Å². The van der Waals surface area contributed by atoms with E-state index in [-0.39, 0.29) is 0 Å². The molecule has 1 aromatic rings. The van der Waals surface area contributed by atoms with Crippen LogP contribution in [0.2, 0.25) is 0 Å². The Morgan fingerprint density at radius 3 is 2.65 bits per heavy atom. The minimum absolute atomic E-state index is 0.606. The second-order valence-electron chi connectivity index (χ2n) is 5.30. The quantitative estimate of drug-likeness (QED) is 0.831. The molecule has 0 saturated carbocycles. The highest BCUT2D eigenvalue weighted by atomic mass is 32.2. The summed E-state index contributed by atoms with van der Waals surface area (Å²) < 4.78 is 0. The third-order valence-electron chi connectivity index (χ3n) is 3.80. The van der Waals surface area contributed by atoms with Crippen molar-refractivity contribution in [3.63, 3.8) is 0 Å². The Morgan fingerprint density at radius 1 is 1.29 bits per heavy atom. The van der Waals surface area contributed by atoms with Crippen LogP contribution in [0.3, 0.4) is 0 Å². The van der Waals surface area contributed by atoms with Gasteiger partial charge in [-0.2, -0.15) is 11.8 Å². The van der Waals surface area contributed by atoms with Crippen molar-refractivity contribution >= 4 is 11.8 Å². The van der Waals surface area contributed by atoms with Crippen LogP contribution in [0.25, 0.3) is 0 Å². The number of aliphatic hydroxyl groups is 1. The zero-order chi connectivity index (χ0) is 11.9. The average Bonchev–Trinajstić information content (AvgIpc) is 2.28. The number of thioether (sulfide) groups is 1. The van der Waals surface area contributed by atoms with E-state index in [4.69, 9.17) is 0 Å². The van der Waals surface area contributed by atoms with E-state index < -0.39 is 5.60 Å². The Hall–Kier alpha value is -0.610. The summed E-state index contributed by atoms with van der Waals surface area (Å²) in [5.74, 6) is 0. The van der Waals surface area contributed by atoms with E-state index in [2.05, 4.69) is 21.7 Å². The van der Waals surface area contributed by atoms with E-state index in [0.29, 0.717) is 10.5 Å². The number of aromatic nitrogens is 2. The van der Waals surface area contributed by atoms with Gasteiger partial charge in [0.2, 0.25) is 0 Å². The lowest BCUT2D eigenvalue weighted by Crippen LogP contribution is -2.41. The predicted molar refractivity (Wildman–Crippen MR) is 68.9 cm³/mol. The number of nitrogens with zero attached hydrogens (tertiary/aromatic N) is 2. The summed E-state index contributed by atoms with van der Waals surface area (Å²) in [4.78, 5) is 8.64. The van der Waals surface area contributed by atoms with Gasteiger partial charge < -0.3 is 5.11 Å². The summed E-state index contributed by atoms with van der Waals surface area (Å²) in [5, 5.41) is 12.1. The first kappa shape index (κ1) is 11.5. The van der Waals surface area contributed by atoms with Crippen LogP contribution in [0.1, 0.15) is 43.5 Å². The molecule has 2 saturated heterocycles. The molecule has 0 amide bonds. The zero-order valence-corrected chi connectivity index (χ0v) is 10.9. The van der Waals surface area contributed by atoms with Crippen molar-refractivity contribution in [2.45, 2.75) is 55.1 Å². The lowest BCUT2D eigenvalue weighted by molar-refractivity contribution is 0.00356. The van der Waals surface area contributed by atoms with Gasteiger partial charge in [0.1, 0.15) is 5.60 Å². The molecule has 0 aliphatic carbocycles. The van der Waals surface area contributed by atoms with Crippen molar-refractivity contribution in [1.82, 2.24) is 9.97 Å². The van der Waals surface area contributed by atoms with Gasteiger partial charge in [-0.1, -0.05) is 6.42 Å². The van der Waals surface area contributed by atoms with Crippen molar-refractivity contribution in [3.05, 3.63) is 23.8 Å². The van der Waals surface area contributed by atoms with Crippen LogP contribution in [0.5, 0.6) is 0 Å². The SMILES string of the molecule is Cc1cncc(C2(O)CC3CCCC(C2)S3)n1. The molecule has 2 atom stereocenters. The van der Waals surface area contributed by atoms with E-state index in [1.807, 2.05) is 6.92 Å². The fourth-order valence-electron chi connectivity index (χ4n) is 3.02. The van der Waals surface area contributed by atoms with E-state index in [0.717, 1.165) is 24.2 Å². The third kappa shape index (κ3) is 2.20. The molecule has 2 aliphatic heterocycles. The Bertz CT molecular complexity index is 412. The van der Waals surface area contributed by atoms with Gasteiger partial charge >= 0.3 is 0 Å². The molecule has 0 radical (unpaired) electrons. The Morgan fingerprint density at radius 2 is 2.00 bits per heavy atom. The molecule has 2 unspecified atom stereocenters. The van der Waals surface area contributed by atoms with Gasteiger partial charge in [-0.15, -0.1) is 0 Å². The molecule has 3 nitrogen and oxygen atoms in total. The lowest BCUT2D eigenvalue weighted by Gasteiger charge is -2.43. The second-order valence-corrected chi connectivity index (χ2v) is 6.90. The minimum atomic E-state index is -0.736. The monoisotopic (exact) mass is 250 g/mol. The summed E-state index contributed by atoms with van der Waals surface area (Å²) in [5.41, 5.74) is 0.925. The molecule has 17 heavy (non-hydrogen) atoms. The van der Waals surface area contributed by atoms with Crippen LogP contribution in [0.4, 0.5) is 0 Å². The van der Waals surface area contributed by atoms with E-state index in [9.17, 15) is 5.11 Å². The smallest absolute Gasteiger partial charge is 0.110 e. The van der Waals surface area contributed by atoms with Crippen molar-refractivity contribution in [1.29, 1.82) is 0 Å². The van der Waals surface area contributed by atoms with Gasteiger partial charge in [0.15, 0.2) is 0 Å². The number of rotatable bonds is 1. The topological polar surface area (TPSA) is 46.0 Å². The van der Waals surface area contributed by atoms with Gasteiger partial charge in [-0.05, 0) is 32.6 Å². The second kappa shape index (κ2) is 4.25. The highest BCUT2D eigenvalue weighted by Crippen LogP contribution is 2.48. The van der Waals surface area contributed by atoms with E-state index in [1.54, 1.807) is 12.4 Å². The fourth-order valence-corrected chi connectivity index (χ4v) is 4.91. The summed E-state index contributed by atoms with van der Waals surface area (Å²) in [6, 6.07) is 0. The number of fused-ring (bicyclic) bond motifs is 2. The van der Waals surface area contributed by atoms with Gasteiger partial charge in [-0.3, -0.25) is 9.97 Å². The third-order valence-corrected chi connectivity index (χ3v) is 5.37. The zero-order valence-electron chi connectivity index (χ0n) is 10.1. The Balaban J connectivity index is 1.90. The van der Waals surface area contributed by atoms with Crippen molar-refractivity contribution in [3.8, 4) is 0 Å². The van der Waals surface area contributed by atoms with Crippen LogP contribution in [0.15, 0.2) is 12.4 Å². The molecule has 2 aliphatic rings. The summed E-state index contributed by atoms with van der Waals surface area (Å²) in [7, 11) is 0. The average molecular weight is 250 g/mol. The summed E-state index contributed by atoms with van der Waals surface area (Å²) >= 11 is 2.07. The largest absolute Gasteiger partial charge is 0.383 e.